The summed E-state index contributed by atoms with van der Waals surface area (Å²) >= 11 is 0. The zero-order valence-electron chi connectivity index (χ0n) is 20.8. The fourth-order valence-corrected chi connectivity index (χ4v) is 4.03. The van der Waals surface area contributed by atoms with Crippen LogP contribution in [0.15, 0.2) is 72.8 Å². The number of hydrogen-bond donors (Lipinski definition) is 2. The van der Waals surface area contributed by atoms with E-state index in [2.05, 4.69) is 10.6 Å². The highest BCUT2D eigenvalue weighted by Gasteiger charge is 2.23. The van der Waals surface area contributed by atoms with Crippen LogP contribution in [0.3, 0.4) is 0 Å². The number of nitrogens with one attached hydrogen (secondary N) is 2. The van der Waals surface area contributed by atoms with Gasteiger partial charge in [-0.05, 0) is 50.1 Å². The Kier molecular flexibility index (Phi) is 7.62. The molecule has 4 rings (SSSR count). The third-order valence-electron chi connectivity index (χ3n) is 5.90. The van der Waals surface area contributed by atoms with Crippen LogP contribution in [0.4, 0.5) is 25.1 Å². The van der Waals surface area contributed by atoms with E-state index in [-0.39, 0.29) is 18.8 Å². The number of aryl methyl sites for hydroxylation is 2. The molecule has 4 aromatic rings. The Morgan fingerprint density at radius 2 is 1.65 bits per heavy atom. The minimum Gasteiger partial charge on any atom is -0.315 e. The third kappa shape index (κ3) is 5.66. The highest BCUT2D eigenvalue weighted by atomic mass is 19.1. The number of halogens is 2. The normalized spacial score (nSPS) is 10.7. The van der Waals surface area contributed by atoms with Crippen molar-refractivity contribution >= 4 is 23.4 Å². The molecular weight excluding hydrogens is 476 g/mol. The van der Waals surface area contributed by atoms with Gasteiger partial charge >= 0.3 is 6.03 Å². The number of hydrogen-bond acceptors (Lipinski definition) is 3. The maximum Gasteiger partial charge on any atom is 0.322 e. The summed E-state index contributed by atoms with van der Waals surface area (Å²) in [7, 11) is 0. The Labute approximate surface area is 213 Å². The molecule has 0 saturated carbocycles. The van der Waals surface area contributed by atoms with E-state index in [1.807, 2.05) is 68.4 Å². The molecule has 1 heterocycles. The van der Waals surface area contributed by atoms with Gasteiger partial charge in [-0.2, -0.15) is 5.10 Å². The lowest BCUT2D eigenvalue weighted by Crippen LogP contribution is -2.40. The number of urea groups is 1. The van der Waals surface area contributed by atoms with Crippen LogP contribution in [0.2, 0.25) is 0 Å². The summed E-state index contributed by atoms with van der Waals surface area (Å²) in [5, 5.41) is 10.0. The number of likely N-dealkylation sites (N-methyl/N-ethyl adjacent to an activating group) is 1. The van der Waals surface area contributed by atoms with Gasteiger partial charge in [0.15, 0.2) is 0 Å². The van der Waals surface area contributed by atoms with Crippen LogP contribution in [0.1, 0.15) is 18.2 Å². The van der Waals surface area contributed by atoms with Gasteiger partial charge in [-0.3, -0.25) is 4.79 Å². The van der Waals surface area contributed by atoms with Crippen LogP contribution in [0.5, 0.6) is 0 Å². The maximum atomic E-state index is 14.0. The van der Waals surface area contributed by atoms with Gasteiger partial charge in [0.25, 0.3) is 0 Å². The van der Waals surface area contributed by atoms with Gasteiger partial charge in [-0.25, -0.2) is 18.3 Å². The van der Waals surface area contributed by atoms with Crippen LogP contribution in [-0.2, 0) is 4.79 Å². The molecule has 37 heavy (non-hydrogen) atoms. The monoisotopic (exact) mass is 503 g/mol. The standard InChI is InChI=1S/C28H27F2N5O2/c1-4-34(28(37)31-23-15-14-21(29)16-22(23)30)17-25(36)32-27-26(20-11-6-5-7-12-20)19(3)33-35(27)24-13-9-8-10-18(24)2/h5-16H,4,17H2,1-3H3,(H,31,37)(H,32,36). The van der Waals surface area contributed by atoms with E-state index in [0.717, 1.165) is 40.2 Å². The Hall–Kier alpha value is -4.53. The van der Waals surface area contributed by atoms with E-state index in [0.29, 0.717) is 11.9 Å². The van der Waals surface area contributed by atoms with Gasteiger partial charge in [0.2, 0.25) is 5.91 Å². The van der Waals surface area contributed by atoms with Crippen molar-refractivity contribution in [2.45, 2.75) is 20.8 Å². The fraction of sp³-hybridized carbons (Fsp3) is 0.179. The molecule has 0 bridgehead atoms. The molecule has 0 saturated heterocycles. The molecule has 1 aromatic heterocycles. The van der Waals surface area contributed by atoms with Crippen molar-refractivity contribution in [3.63, 3.8) is 0 Å². The van der Waals surface area contributed by atoms with E-state index in [1.54, 1.807) is 11.6 Å². The quantitative estimate of drug-likeness (QED) is 0.328. The molecule has 0 radical (unpaired) electrons. The average molecular weight is 504 g/mol. The summed E-state index contributed by atoms with van der Waals surface area (Å²) in [6.07, 6.45) is 0. The van der Waals surface area contributed by atoms with Crippen molar-refractivity contribution in [1.82, 2.24) is 14.7 Å². The average Bonchev–Trinajstić information content (AvgIpc) is 3.20. The van der Waals surface area contributed by atoms with E-state index in [9.17, 15) is 18.4 Å². The smallest absolute Gasteiger partial charge is 0.315 e. The Morgan fingerprint density at radius 3 is 2.32 bits per heavy atom. The molecule has 0 atom stereocenters. The number of nitrogens with zero attached hydrogens (tertiary/aromatic N) is 3. The summed E-state index contributed by atoms with van der Waals surface area (Å²) in [6, 6.07) is 19.4. The summed E-state index contributed by atoms with van der Waals surface area (Å²) < 4.78 is 28.9. The highest BCUT2D eigenvalue weighted by molar-refractivity contribution is 5.99. The van der Waals surface area contributed by atoms with Gasteiger partial charge in [-0.1, -0.05) is 48.5 Å². The second-order valence-electron chi connectivity index (χ2n) is 8.49. The number of anilines is 2. The molecule has 0 aliphatic rings. The lowest BCUT2D eigenvalue weighted by molar-refractivity contribution is -0.116. The number of para-hydroxylation sites is 1. The minimum atomic E-state index is -0.904. The van der Waals surface area contributed by atoms with Crippen LogP contribution >= 0.6 is 0 Å². The van der Waals surface area contributed by atoms with E-state index < -0.39 is 23.6 Å². The highest BCUT2D eigenvalue weighted by Crippen LogP contribution is 2.34. The topological polar surface area (TPSA) is 79.3 Å². The molecule has 190 valence electrons. The summed E-state index contributed by atoms with van der Waals surface area (Å²) in [6.45, 7) is 5.42. The Bertz CT molecular complexity index is 1440. The molecule has 3 amide bonds. The minimum absolute atomic E-state index is 0.176. The maximum absolute atomic E-state index is 14.0. The van der Waals surface area contributed by atoms with Gasteiger partial charge in [0.1, 0.15) is 24.0 Å². The van der Waals surface area contributed by atoms with Crippen LogP contribution in [-0.4, -0.2) is 39.7 Å². The largest absolute Gasteiger partial charge is 0.322 e. The van der Waals surface area contributed by atoms with Crippen molar-refractivity contribution < 1.29 is 18.4 Å². The molecule has 0 aliphatic heterocycles. The van der Waals surface area contributed by atoms with Crippen molar-refractivity contribution in [2.24, 2.45) is 0 Å². The molecule has 7 nitrogen and oxygen atoms in total. The molecule has 9 heteroatoms. The Morgan fingerprint density at radius 1 is 0.946 bits per heavy atom. The van der Waals surface area contributed by atoms with Gasteiger partial charge < -0.3 is 15.5 Å². The van der Waals surface area contributed by atoms with Gasteiger partial charge in [0, 0.05) is 18.2 Å². The van der Waals surface area contributed by atoms with Gasteiger partial charge in [-0.15, -0.1) is 0 Å². The second-order valence-corrected chi connectivity index (χ2v) is 8.49. The van der Waals surface area contributed by atoms with Crippen molar-refractivity contribution in [1.29, 1.82) is 0 Å². The number of benzene rings is 3. The zero-order chi connectivity index (χ0) is 26.5. The molecule has 2 N–H and O–H groups in total. The predicted molar refractivity (Wildman–Crippen MR) is 140 cm³/mol. The fourth-order valence-electron chi connectivity index (χ4n) is 4.03. The molecule has 0 aliphatic carbocycles. The van der Waals surface area contributed by atoms with Crippen molar-refractivity contribution in [2.75, 3.05) is 23.7 Å². The first-order valence-corrected chi connectivity index (χ1v) is 11.8. The first-order valence-electron chi connectivity index (χ1n) is 11.8. The number of carbonyl (C=O) groups excluding carboxylic acids is 2. The first kappa shape index (κ1) is 25.6. The van der Waals surface area contributed by atoms with Gasteiger partial charge in [0.05, 0.1) is 17.1 Å². The Balaban J connectivity index is 1.62. The number of carbonyl (C=O) groups is 2. The number of amides is 3. The van der Waals surface area contributed by atoms with Crippen molar-refractivity contribution in [3.8, 4) is 16.8 Å². The molecule has 0 fully saturated rings. The van der Waals surface area contributed by atoms with Crippen LogP contribution in [0, 0.1) is 25.5 Å². The molecule has 3 aromatic carbocycles. The second kappa shape index (κ2) is 11.0. The lowest BCUT2D eigenvalue weighted by atomic mass is 10.1. The third-order valence-corrected chi connectivity index (χ3v) is 5.90. The van der Waals surface area contributed by atoms with E-state index >= 15 is 0 Å². The van der Waals surface area contributed by atoms with Crippen molar-refractivity contribution in [3.05, 3.63) is 95.7 Å². The molecule has 0 spiro atoms. The molecular formula is C28H27F2N5O2. The summed E-state index contributed by atoms with van der Waals surface area (Å²) in [5.74, 6) is -1.64. The summed E-state index contributed by atoms with van der Waals surface area (Å²) in [5.41, 5.74) is 3.97. The van der Waals surface area contributed by atoms with Crippen LogP contribution in [0.25, 0.3) is 16.8 Å². The molecule has 0 unspecified atom stereocenters. The number of rotatable bonds is 7. The summed E-state index contributed by atoms with van der Waals surface area (Å²) in [4.78, 5) is 27.2. The van der Waals surface area contributed by atoms with E-state index in [4.69, 9.17) is 5.10 Å². The van der Waals surface area contributed by atoms with Crippen LogP contribution < -0.4 is 10.6 Å². The SMILES string of the molecule is CCN(CC(=O)Nc1c(-c2ccccc2)c(C)nn1-c1ccccc1C)C(=O)Nc1ccc(F)cc1F. The predicted octanol–water partition coefficient (Wildman–Crippen LogP) is 5.93. The lowest BCUT2D eigenvalue weighted by Gasteiger charge is -2.21. The van der Waals surface area contributed by atoms with E-state index in [1.165, 1.54) is 4.90 Å². The first-order chi connectivity index (χ1) is 17.8. The number of aromatic nitrogens is 2. The zero-order valence-corrected chi connectivity index (χ0v) is 20.8.